The minimum absolute atomic E-state index is 0.544. The molecule has 1 fully saturated rings. The van der Waals surface area contributed by atoms with Crippen LogP contribution in [0.4, 0.5) is 5.69 Å². The normalized spacial score (nSPS) is 15.3. The molecule has 3 aromatic rings. The number of rotatable bonds is 5. The first-order valence-corrected chi connectivity index (χ1v) is 9.33. The summed E-state index contributed by atoms with van der Waals surface area (Å²) in [7, 11) is 0. The molecule has 2 aromatic carbocycles. The Balaban J connectivity index is 1.33. The van der Waals surface area contributed by atoms with Crippen LogP contribution >= 0.6 is 0 Å². The molecule has 0 radical (unpaired) electrons. The summed E-state index contributed by atoms with van der Waals surface area (Å²) in [5.41, 5.74) is 5.18. The van der Waals surface area contributed by atoms with E-state index in [1.807, 2.05) is 6.07 Å². The van der Waals surface area contributed by atoms with Crippen LogP contribution in [0.2, 0.25) is 0 Å². The van der Waals surface area contributed by atoms with Crippen LogP contribution in [0.5, 0.6) is 0 Å². The Morgan fingerprint density at radius 3 is 2.54 bits per heavy atom. The third-order valence-corrected chi connectivity index (χ3v) is 5.14. The number of anilines is 1. The maximum absolute atomic E-state index is 5.15. The average molecular weight is 347 g/mol. The Bertz CT molecular complexity index is 819. The van der Waals surface area contributed by atoms with Crippen LogP contribution in [0.1, 0.15) is 24.2 Å². The molecule has 0 bridgehead atoms. The van der Waals surface area contributed by atoms with Crippen LogP contribution in [0.25, 0.3) is 11.1 Å². The molecule has 1 saturated heterocycles. The topological polar surface area (TPSA) is 41.3 Å². The van der Waals surface area contributed by atoms with Gasteiger partial charge in [-0.25, -0.2) is 0 Å². The molecule has 0 saturated carbocycles. The molecule has 0 amide bonds. The van der Waals surface area contributed by atoms with E-state index in [1.165, 1.54) is 22.4 Å². The number of hydrogen-bond donors (Lipinski definition) is 1. The second-order valence-electron chi connectivity index (χ2n) is 7.04. The highest BCUT2D eigenvalue weighted by molar-refractivity contribution is 5.67. The molecule has 1 N–H and O–H groups in total. The van der Waals surface area contributed by atoms with Gasteiger partial charge in [0.1, 0.15) is 5.76 Å². The summed E-state index contributed by atoms with van der Waals surface area (Å²) in [5.74, 6) is 0.902. The van der Waals surface area contributed by atoms with Gasteiger partial charge in [-0.2, -0.15) is 0 Å². The second-order valence-corrected chi connectivity index (χ2v) is 7.04. The van der Waals surface area contributed by atoms with Crippen molar-refractivity contribution in [2.45, 2.75) is 32.4 Å². The summed E-state index contributed by atoms with van der Waals surface area (Å²) in [6, 6.07) is 20.1. The highest BCUT2D eigenvalue weighted by Crippen LogP contribution is 2.25. The highest BCUT2D eigenvalue weighted by atomic mass is 16.5. The van der Waals surface area contributed by atoms with E-state index in [0.717, 1.165) is 38.2 Å². The first-order valence-electron chi connectivity index (χ1n) is 9.33. The fraction of sp³-hybridized carbons (Fsp3) is 0.318. The zero-order valence-electron chi connectivity index (χ0n) is 15.2. The third kappa shape index (κ3) is 3.97. The summed E-state index contributed by atoms with van der Waals surface area (Å²) in [6.45, 7) is 5.06. The van der Waals surface area contributed by atoms with Gasteiger partial charge in [-0.15, -0.1) is 0 Å². The summed E-state index contributed by atoms with van der Waals surface area (Å²) < 4.78 is 5.15. The largest absolute Gasteiger partial charge is 0.371 e. The molecule has 4 heteroatoms. The Labute approximate surface area is 154 Å². The fourth-order valence-electron chi connectivity index (χ4n) is 3.61. The first kappa shape index (κ1) is 16.9. The molecular formula is C22H25N3O. The lowest BCUT2D eigenvalue weighted by Gasteiger charge is -2.34. The first-order chi connectivity index (χ1) is 12.8. The smallest absolute Gasteiger partial charge is 0.150 e. The van der Waals surface area contributed by atoms with Crippen molar-refractivity contribution in [3.63, 3.8) is 0 Å². The van der Waals surface area contributed by atoms with Crippen molar-refractivity contribution in [3.8, 4) is 11.1 Å². The van der Waals surface area contributed by atoms with Gasteiger partial charge in [-0.3, -0.25) is 0 Å². The molecule has 1 aliphatic heterocycles. The van der Waals surface area contributed by atoms with E-state index in [2.05, 4.69) is 70.8 Å². The van der Waals surface area contributed by atoms with Crippen molar-refractivity contribution in [2.75, 3.05) is 18.0 Å². The SMILES string of the molecule is Cc1cccc(-c2ccc(N3CCC(NCc4ccno4)CC3)cc2)c1. The Hall–Kier alpha value is -2.59. The molecule has 0 atom stereocenters. The summed E-state index contributed by atoms with van der Waals surface area (Å²) >= 11 is 0. The molecule has 2 heterocycles. The van der Waals surface area contributed by atoms with Gasteiger partial charge < -0.3 is 14.7 Å². The van der Waals surface area contributed by atoms with Gasteiger partial charge in [0.25, 0.3) is 0 Å². The van der Waals surface area contributed by atoms with E-state index in [9.17, 15) is 0 Å². The monoisotopic (exact) mass is 347 g/mol. The Morgan fingerprint density at radius 1 is 1.04 bits per heavy atom. The summed E-state index contributed by atoms with van der Waals surface area (Å²) in [5, 5.41) is 7.32. The molecular weight excluding hydrogens is 322 g/mol. The molecule has 0 unspecified atom stereocenters. The number of nitrogens with one attached hydrogen (secondary N) is 1. The maximum atomic E-state index is 5.15. The fourth-order valence-corrected chi connectivity index (χ4v) is 3.61. The van der Waals surface area contributed by atoms with Crippen molar-refractivity contribution in [1.29, 1.82) is 0 Å². The van der Waals surface area contributed by atoms with Gasteiger partial charge in [-0.1, -0.05) is 47.1 Å². The molecule has 0 spiro atoms. The number of aromatic nitrogens is 1. The zero-order chi connectivity index (χ0) is 17.8. The lowest BCUT2D eigenvalue weighted by molar-refractivity contribution is 0.346. The van der Waals surface area contributed by atoms with Crippen molar-refractivity contribution < 1.29 is 4.52 Å². The highest BCUT2D eigenvalue weighted by Gasteiger charge is 2.19. The van der Waals surface area contributed by atoms with E-state index >= 15 is 0 Å². The van der Waals surface area contributed by atoms with E-state index in [4.69, 9.17) is 4.52 Å². The minimum atomic E-state index is 0.544. The van der Waals surface area contributed by atoms with E-state index in [1.54, 1.807) is 6.20 Å². The van der Waals surface area contributed by atoms with Gasteiger partial charge in [0.15, 0.2) is 0 Å². The van der Waals surface area contributed by atoms with Gasteiger partial charge in [0.05, 0.1) is 12.7 Å². The van der Waals surface area contributed by atoms with Crippen LogP contribution in [-0.4, -0.2) is 24.3 Å². The van der Waals surface area contributed by atoms with Gasteiger partial charge in [-0.05, 0) is 43.0 Å². The van der Waals surface area contributed by atoms with Crippen molar-refractivity contribution in [2.24, 2.45) is 0 Å². The molecule has 4 nitrogen and oxygen atoms in total. The van der Waals surface area contributed by atoms with Crippen LogP contribution in [0.15, 0.2) is 65.3 Å². The third-order valence-electron chi connectivity index (χ3n) is 5.14. The van der Waals surface area contributed by atoms with Crippen LogP contribution in [0.3, 0.4) is 0 Å². The lowest BCUT2D eigenvalue weighted by atomic mass is 10.0. The predicted molar refractivity (Wildman–Crippen MR) is 105 cm³/mol. The van der Waals surface area contributed by atoms with Crippen LogP contribution < -0.4 is 10.2 Å². The molecule has 26 heavy (non-hydrogen) atoms. The molecule has 1 aromatic heterocycles. The molecule has 0 aliphatic carbocycles. The molecule has 134 valence electrons. The number of aryl methyl sites for hydroxylation is 1. The Morgan fingerprint density at radius 2 is 1.85 bits per heavy atom. The predicted octanol–water partition coefficient (Wildman–Crippen LogP) is 4.41. The van der Waals surface area contributed by atoms with Gasteiger partial charge in [0, 0.05) is 30.9 Å². The molecule has 1 aliphatic rings. The zero-order valence-corrected chi connectivity index (χ0v) is 15.2. The maximum Gasteiger partial charge on any atom is 0.150 e. The van der Waals surface area contributed by atoms with Crippen LogP contribution in [-0.2, 0) is 6.54 Å². The van der Waals surface area contributed by atoms with Gasteiger partial charge in [0.2, 0.25) is 0 Å². The van der Waals surface area contributed by atoms with E-state index < -0.39 is 0 Å². The average Bonchev–Trinajstić information content (AvgIpc) is 3.21. The second kappa shape index (κ2) is 7.75. The van der Waals surface area contributed by atoms with E-state index in [-0.39, 0.29) is 0 Å². The summed E-state index contributed by atoms with van der Waals surface area (Å²) in [6.07, 6.45) is 3.99. The minimum Gasteiger partial charge on any atom is -0.371 e. The van der Waals surface area contributed by atoms with Crippen molar-refractivity contribution >= 4 is 5.69 Å². The van der Waals surface area contributed by atoms with Crippen molar-refractivity contribution in [1.82, 2.24) is 10.5 Å². The number of benzene rings is 2. The number of nitrogens with zero attached hydrogens (tertiary/aromatic N) is 2. The number of piperidine rings is 1. The lowest BCUT2D eigenvalue weighted by Crippen LogP contribution is -2.42. The standard InChI is InChI=1S/C22H25N3O/c1-17-3-2-4-19(15-17)18-5-7-21(8-6-18)25-13-10-20(11-14-25)23-16-22-9-12-24-26-22/h2-9,12,15,20,23H,10-11,13-14,16H2,1H3. The summed E-state index contributed by atoms with van der Waals surface area (Å²) in [4.78, 5) is 2.48. The van der Waals surface area contributed by atoms with Crippen molar-refractivity contribution in [3.05, 3.63) is 72.1 Å². The van der Waals surface area contributed by atoms with Gasteiger partial charge >= 0.3 is 0 Å². The van der Waals surface area contributed by atoms with E-state index in [0.29, 0.717) is 6.04 Å². The Kier molecular flexibility index (Phi) is 5.02. The number of hydrogen-bond acceptors (Lipinski definition) is 4. The molecule has 4 rings (SSSR count). The quantitative estimate of drug-likeness (QED) is 0.742. The van der Waals surface area contributed by atoms with Crippen LogP contribution in [0, 0.1) is 6.92 Å².